The summed E-state index contributed by atoms with van der Waals surface area (Å²) in [6.07, 6.45) is 5.34. The molecule has 0 bridgehead atoms. The van der Waals surface area contributed by atoms with Crippen molar-refractivity contribution in [2.75, 3.05) is 13.2 Å². The Bertz CT molecular complexity index is 566. The van der Waals surface area contributed by atoms with E-state index in [2.05, 4.69) is 4.98 Å². The van der Waals surface area contributed by atoms with E-state index in [0.29, 0.717) is 13.2 Å². The van der Waals surface area contributed by atoms with Gasteiger partial charge in [0, 0.05) is 12.4 Å². The van der Waals surface area contributed by atoms with Gasteiger partial charge in [0.25, 0.3) is 0 Å². The lowest BCUT2D eigenvalue weighted by molar-refractivity contribution is -0.141. The molecule has 1 aromatic carbocycles. The standard InChI is InChI=1S/C15H18N2O3/c1-15(2)19-10-12(20-15)9-18-14-6-4-3-5-13(14)17-8-7-16-11-17/h3-8,11-12H,9-10H2,1-2H3. The molecule has 1 unspecified atom stereocenters. The Labute approximate surface area is 118 Å². The van der Waals surface area contributed by atoms with Gasteiger partial charge in [0.05, 0.1) is 18.6 Å². The molecule has 106 valence electrons. The molecule has 1 aliphatic rings. The maximum atomic E-state index is 5.88. The molecule has 3 rings (SSSR count). The number of rotatable bonds is 4. The fourth-order valence-corrected chi connectivity index (χ4v) is 2.22. The van der Waals surface area contributed by atoms with E-state index in [9.17, 15) is 0 Å². The van der Waals surface area contributed by atoms with Crippen molar-refractivity contribution < 1.29 is 14.2 Å². The lowest BCUT2D eigenvalue weighted by atomic mass is 10.3. The predicted molar refractivity (Wildman–Crippen MR) is 74.0 cm³/mol. The lowest BCUT2D eigenvalue weighted by Gasteiger charge is -2.18. The van der Waals surface area contributed by atoms with Crippen molar-refractivity contribution >= 4 is 0 Å². The zero-order valence-corrected chi connectivity index (χ0v) is 11.7. The molecule has 0 N–H and O–H groups in total. The smallest absolute Gasteiger partial charge is 0.163 e. The Morgan fingerprint density at radius 1 is 1.40 bits per heavy atom. The van der Waals surface area contributed by atoms with Gasteiger partial charge >= 0.3 is 0 Å². The second-order valence-corrected chi connectivity index (χ2v) is 5.20. The zero-order valence-electron chi connectivity index (χ0n) is 11.7. The zero-order chi connectivity index (χ0) is 14.0. The van der Waals surface area contributed by atoms with Crippen LogP contribution in [0.1, 0.15) is 13.8 Å². The Morgan fingerprint density at radius 2 is 2.25 bits per heavy atom. The van der Waals surface area contributed by atoms with Gasteiger partial charge in [0.15, 0.2) is 5.79 Å². The van der Waals surface area contributed by atoms with Crippen LogP contribution in [0.3, 0.4) is 0 Å². The summed E-state index contributed by atoms with van der Waals surface area (Å²) in [5.74, 6) is 0.288. The normalized spacial score (nSPS) is 21.0. The van der Waals surface area contributed by atoms with Gasteiger partial charge in [-0.1, -0.05) is 12.1 Å². The summed E-state index contributed by atoms with van der Waals surface area (Å²) in [6, 6.07) is 7.86. The van der Waals surface area contributed by atoms with Crippen LogP contribution in [0, 0.1) is 0 Å². The molecule has 1 saturated heterocycles. The Hall–Kier alpha value is -1.85. The third-order valence-electron chi connectivity index (χ3n) is 3.14. The van der Waals surface area contributed by atoms with Crippen LogP contribution in [0.4, 0.5) is 0 Å². The van der Waals surface area contributed by atoms with Crippen LogP contribution < -0.4 is 4.74 Å². The van der Waals surface area contributed by atoms with E-state index in [1.54, 1.807) is 12.5 Å². The van der Waals surface area contributed by atoms with Crippen LogP contribution in [-0.2, 0) is 9.47 Å². The highest BCUT2D eigenvalue weighted by atomic mass is 16.7. The molecular weight excluding hydrogens is 256 g/mol. The molecular formula is C15H18N2O3. The van der Waals surface area contributed by atoms with Gasteiger partial charge in [-0.25, -0.2) is 4.98 Å². The molecule has 5 nitrogen and oxygen atoms in total. The van der Waals surface area contributed by atoms with Crippen molar-refractivity contribution in [1.29, 1.82) is 0 Å². The number of hydrogen-bond acceptors (Lipinski definition) is 4. The molecule has 1 atom stereocenters. The first-order valence-corrected chi connectivity index (χ1v) is 6.66. The molecule has 0 saturated carbocycles. The van der Waals surface area contributed by atoms with Crippen molar-refractivity contribution in [3.63, 3.8) is 0 Å². The minimum atomic E-state index is -0.516. The minimum absolute atomic E-state index is 0.0409. The lowest BCUT2D eigenvalue weighted by Crippen LogP contribution is -2.25. The van der Waals surface area contributed by atoms with Gasteiger partial charge in [0.2, 0.25) is 0 Å². The average Bonchev–Trinajstić information content (AvgIpc) is 3.06. The van der Waals surface area contributed by atoms with E-state index >= 15 is 0 Å². The highest BCUT2D eigenvalue weighted by Crippen LogP contribution is 2.25. The summed E-state index contributed by atoms with van der Waals surface area (Å²) in [4.78, 5) is 4.06. The van der Waals surface area contributed by atoms with Crippen molar-refractivity contribution in [1.82, 2.24) is 9.55 Å². The van der Waals surface area contributed by atoms with Crippen molar-refractivity contribution in [3.05, 3.63) is 43.0 Å². The second kappa shape index (κ2) is 5.26. The maximum Gasteiger partial charge on any atom is 0.163 e. The number of imidazole rings is 1. The monoisotopic (exact) mass is 274 g/mol. The van der Waals surface area contributed by atoms with Gasteiger partial charge in [-0.05, 0) is 26.0 Å². The average molecular weight is 274 g/mol. The van der Waals surface area contributed by atoms with Gasteiger partial charge in [-0.3, -0.25) is 0 Å². The number of nitrogens with zero attached hydrogens (tertiary/aromatic N) is 2. The van der Waals surface area contributed by atoms with Crippen LogP contribution in [0.15, 0.2) is 43.0 Å². The topological polar surface area (TPSA) is 45.5 Å². The van der Waals surface area contributed by atoms with E-state index in [-0.39, 0.29) is 6.10 Å². The summed E-state index contributed by atoms with van der Waals surface area (Å²) < 4.78 is 19.1. The molecule has 0 aliphatic carbocycles. The molecule has 0 amide bonds. The fourth-order valence-electron chi connectivity index (χ4n) is 2.22. The molecule has 20 heavy (non-hydrogen) atoms. The van der Waals surface area contributed by atoms with Gasteiger partial charge in [-0.2, -0.15) is 0 Å². The second-order valence-electron chi connectivity index (χ2n) is 5.20. The Morgan fingerprint density at radius 3 is 2.95 bits per heavy atom. The molecule has 0 spiro atoms. The van der Waals surface area contributed by atoms with Crippen LogP contribution in [-0.4, -0.2) is 34.7 Å². The molecule has 2 aromatic rings. The van der Waals surface area contributed by atoms with E-state index in [1.807, 2.05) is 48.9 Å². The van der Waals surface area contributed by atoms with Crippen molar-refractivity contribution in [2.24, 2.45) is 0 Å². The molecule has 2 heterocycles. The minimum Gasteiger partial charge on any atom is -0.489 e. The van der Waals surface area contributed by atoms with Crippen LogP contribution in [0.5, 0.6) is 5.75 Å². The summed E-state index contributed by atoms with van der Waals surface area (Å²) in [5, 5.41) is 0. The first-order chi connectivity index (χ1) is 9.64. The quantitative estimate of drug-likeness (QED) is 0.859. The third kappa shape index (κ3) is 2.84. The SMILES string of the molecule is CC1(C)OCC(COc2ccccc2-n2ccnc2)O1. The van der Waals surface area contributed by atoms with Crippen LogP contribution >= 0.6 is 0 Å². The number of para-hydroxylation sites is 2. The van der Waals surface area contributed by atoms with Gasteiger partial charge in [0.1, 0.15) is 18.5 Å². The molecule has 1 aliphatic heterocycles. The van der Waals surface area contributed by atoms with E-state index < -0.39 is 5.79 Å². The first-order valence-electron chi connectivity index (χ1n) is 6.66. The number of hydrogen-bond donors (Lipinski definition) is 0. The largest absolute Gasteiger partial charge is 0.489 e. The summed E-state index contributed by atoms with van der Waals surface area (Å²) in [5.41, 5.74) is 0.961. The summed E-state index contributed by atoms with van der Waals surface area (Å²) >= 11 is 0. The first kappa shape index (κ1) is 13.1. The Kier molecular flexibility index (Phi) is 3.46. The molecule has 1 fully saturated rings. The van der Waals surface area contributed by atoms with Crippen molar-refractivity contribution in [2.45, 2.75) is 25.7 Å². The van der Waals surface area contributed by atoms with Crippen LogP contribution in [0.25, 0.3) is 5.69 Å². The maximum absolute atomic E-state index is 5.88. The predicted octanol–water partition coefficient (Wildman–Crippen LogP) is 2.40. The summed E-state index contributed by atoms with van der Waals surface area (Å²) in [7, 11) is 0. The van der Waals surface area contributed by atoms with Crippen LogP contribution in [0.2, 0.25) is 0 Å². The number of aromatic nitrogens is 2. The van der Waals surface area contributed by atoms with Crippen molar-refractivity contribution in [3.8, 4) is 11.4 Å². The highest BCUT2D eigenvalue weighted by Gasteiger charge is 2.33. The number of benzene rings is 1. The van der Waals surface area contributed by atoms with E-state index in [0.717, 1.165) is 11.4 Å². The number of ether oxygens (including phenoxy) is 3. The third-order valence-corrected chi connectivity index (χ3v) is 3.14. The molecule has 5 heteroatoms. The van der Waals surface area contributed by atoms with Gasteiger partial charge in [-0.15, -0.1) is 0 Å². The van der Waals surface area contributed by atoms with Gasteiger partial charge < -0.3 is 18.8 Å². The molecule has 1 aromatic heterocycles. The highest BCUT2D eigenvalue weighted by molar-refractivity contribution is 5.46. The molecule has 0 radical (unpaired) electrons. The fraction of sp³-hybridized carbons (Fsp3) is 0.400. The Balaban J connectivity index is 1.69. The summed E-state index contributed by atoms with van der Waals surface area (Å²) in [6.45, 7) is 4.84. The van der Waals surface area contributed by atoms with E-state index in [4.69, 9.17) is 14.2 Å². The van der Waals surface area contributed by atoms with E-state index in [1.165, 1.54) is 0 Å².